The zero-order chi connectivity index (χ0) is 13.6. The van der Waals surface area contributed by atoms with Gasteiger partial charge in [-0.2, -0.15) is 0 Å². The maximum absolute atomic E-state index is 11.7. The summed E-state index contributed by atoms with van der Waals surface area (Å²) < 4.78 is 0. The van der Waals surface area contributed by atoms with Gasteiger partial charge in [-0.25, -0.2) is 9.59 Å². The number of carboxylic acid groups (broad SMARTS) is 1. The summed E-state index contributed by atoms with van der Waals surface area (Å²) in [5.74, 6) is -0.498. The van der Waals surface area contributed by atoms with Crippen molar-refractivity contribution in [1.82, 2.24) is 10.6 Å². The molecule has 0 spiro atoms. The van der Waals surface area contributed by atoms with Crippen LogP contribution in [0.5, 0.6) is 0 Å². The lowest BCUT2D eigenvalue weighted by molar-refractivity contribution is -0.144. The third-order valence-electron chi connectivity index (χ3n) is 3.61. The SMILES string of the molecule is CCCC(C)CNC(=O)NC1(C(=O)O)CCCC1. The van der Waals surface area contributed by atoms with E-state index >= 15 is 0 Å². The zero-order valence-electron chi connectivity index (χ0n) is 11.3. The van der Waals surface area contributed by atoms with Crippen molar-refractivity contribution in [3.8, 4) is 0 Å². The van der Waals surface area contributed by atoms with Gasteiger partial charge in [0.1, 0.15) is 5.54 Å². The molecule has 104 valence electrons. The molecule has 1 aliphatic carbocycles. The molecule has 0 aromatic rings. The Hall–Kier alpha value is -1.26. The second-order valence-corrected chi connectivity index (χ2v) is 5.32. The van der Waals surface area contributed by atoms with Crippen LogP contribution in [0.4, 0.5) is 4.79 Å². The molecule has 1 unspecified atom stereocenters. The van der Waals surface area contributed by atoms with Crippen molar-refractivity contribution in [2.45, 2.75) is 57.9 Å². The van der Waals surface area contributed by atoms with E-state index < -0.39 is 11.5 Å². The number of amides is 2. The minimum atomic E-state index is -1.04. The lowest BCUT2D eigenvalue weighted by Gasteiger charge is -2.25. The van der Waals surface area contributed by atoms with Gasteiger partial charge < -0.3 is 15.7 Å². The Labute approximate surface area is 108 Å². The summed E-state index contributed by atoms with van der Waals surface area (Å²) in [5, 5.41) is 14.6. The third kappa shape index (κ3) is 3.89. The summed E-state index contributed by atoms with van der Waals surface area (Å²) in [7, 11) is 0. The number of carbonyl (C=O) groups excluding carboxylic acids is 1. The summed E-state index contributed by atoms with van der Waals surface area (Å²) in [4.78, 5) is 23.0. The van der Waals surface area contributed by atoms with E-state index in [1.54, 1.807) is 0 Å². The zero-order valence-corrected chi connectivity index (χ0v) is 11.3. The lowest BCUT2D eigenvalue weighted by Crippen LogP contribution is -2.55. The quantitative estimate of drug-likeness (QED) is 0.681. The minimum Gasteiger partial charge on any atom is -0.480 e. The van der Waals surface area contributed by atoms with E-state index in [1.807, 2.05) is 0 Å². The van der Waals surface area contributed by atoms with Crippen LogP contribution in [0.25, 0.3) is 0 Å². The van der Waals surface area contributed by atoms with E-state index in [0.29, 0.717) is 25.3 Å². The molecule has 0 aromatic heterocycles. The summed E-state index contributed by atoms with van der Waals surface area (Å²) in [6.07, 6.45) is 4.92. The Kier molecular flexibility index (Phi) is 5.44. The molecule has 1 rings (SSSR count). The molecule has 3 N–H and O–H groups in total. The Morgan fingerprint density at radius 3 is 2.44 bits per heavy atom. The fourth-order valence-corrected chi connectivity index (χ4v) is 2.49. The first-order valence-electron chi connectivity index (χ1n) is 6.79. The van der Waals surface area contributed by atoms with Crippen molar-refractivity contribution < 1.29 is 14.7 Å². The molecule has 5 nitrogen and oxygen atoms in total. The molecule has 0 heterocycles. The van der Waals surface area contributed by atoms with Gasteiger partial charge in [0.2, 0.25) is 0 Å². The maximum atomic E-state index is 11.7. The van der Waals surface area contributed by atoms with Crippen LogP contribution in [-0.2, 0) is 4.79 Å². The van der Waals surface area contributed by atoms with E-state index in [9.17, 15) is 14.7 Å². The van der Waals surface area contributed by atoms with Crippen LogP contribution in [0.15, 0.2) is 0 Å². The number of rotatable bonds is 6. The number of carboxylic acids is 1. The summed E-state index contributed by atoms with van der Waals surface area (Å²) in [5.41, 5.74) is -1.04. The van der Waals surface area contributed by atoms with Gasteiger partial charge in [-0.3, -0.25) is 0 Å². The van der Waals surface area contributed by atoms with Crippen LogP contribution in [-0.4, -0.2) is 29.2 Å². The summed E-state index contributed by atoms with van der Waals surface area (Å²) >= 11 is 0. The van der Waals surface area contributed by atoms with Gasteiger partial charge in [0.15, 0.2) is 0 Å². The van der Waals surface area contributed by atoms with E-state index in [2.05, 4.69) is 24.5 Å². The number of hydrogen-bond donors (Lipinski definition) is 3. The van der Waals surface area contributed by atoms with E-state index in [0.717, 1.165) is 25.7 Å². The smallest absolute Gasteiger partial charge is 0.329 e. The fraction of sp³-hybridized carbons (Fsp3) is 0.846. The van der Waals surface area contributed by atoms with Crippen LogP contribution < -0.4 is 10.6 Å². The van der Waals surface area contributed by atoms with Gasteiger partial charge in [-0.05, 0) is 25.2 Å². The molecule has 1 saturated carbocycles. The fourth-order valence-electron chi connectivity index (χ4n) is 2.49. The molecule has 18 heavy (non-hydrogen) atoms. The molecular weight excluding hydrogens is 232 g/mol. The molecule has 0 saturated heterocycles. The van der Waals surface area contributed by atoms with Crippen molar-refractivity contribution in [3.63, 3.8) is 0 Å². The van der Waals surface area contributed by atoms with E-state index in [-0.39, 0.29) is 6.03 Å². The monoisotopic (exact) mass is 256 g/mol. The Morgan fingerprint density at radius 1 is 1.33 bits per heavy atom. The lowest BCUT2D eigenvalue weighted by atomic mass is 9.98. The second kappa shape index (κ2) is 6.61. The topological polar surface area (TPSA) is 78.4 Å². The van der Waals surface area contributed by atoms with Gasteiger partial charge in [-0.1, -0.05) is 33.1 Å². The highest BCUT2D eigenvalue weighted by Gasteiger charge is 2.42. The predicted molar refractivity (Wildman–Crippen MR) is 69.4 cm³/mol. The normalized spacial score (nSPS) is 19.2. The van der Waals surface area contributed by atoms with Crippen LogP contribution in [0.1, 0.15) is 52.4 Å². The van der Waals surface area contributed by atoms with Crippen LogP contribution >= 0.6 is 0 Å². The van der Waals surface area contributed by atoms with E-state index in [4.69, 9.17) is 0 Å². The average molecular weight is 256 g/mol. The molecule has 1 atom stereocenters. The van der Waals surface area contributed by atoms with Crippen molar-refractivity contribution in [3.05, 3.63) is 0 Å². The number of carbonyl (C=O) groups is 2. The molecule has 1 aliphatic rings. The second-order valence-electron chi connectivity index (χ2n) is 5.32. The van der Waals surface area contributed by atoms with Crippen molar-refractivity contribution in [2.75, 3.05) is 6.54 Å². The first-order valence-corrected chi connectivity index (χ1v) is 6.79. The number of urea groups is 1. The molecule has 0 aliphatic heterocycles. The molecular formula is C13H24N2O3. The Bertz CT molecular complexity index is 299. The highest BCUT2D eigenvalue weighted by molar-refractivity contribution is 5.86. The molecule has 0 bridgehead atoms. The number of aliphatic carboxylic acids is 1. The molecule has 1 fully saturated rings. The standard InChI is InChI=1S/C13H24N2O3/c1-3-6-10(2)9-14-12(18)15-13(11(16)17)7-4-5-8-13/h10H,3-9H2,1-2H3,(H,16,17)(H2,14,15,18). The first-order chi connectivity index (χ1) is 8.50. The van der Waals surface area contributed by atoms with Crippen LogP contribution in [0.2, 0.25) is 0 Å². The van der Waals surface area contributed by atoms with Gasteiger partial charge >= 0.3 is 12.0 Å². The van der Waals surface area contributed by atoms with Gasteiger partial charge in [0.25, 0.3) is 0 Å². The Balaban J connectivity index is 2.41. The largest absolute Gasteiger partial charge is 0.480 e. The minimum absolute atomic E-state index is 0.359. The van der Waals surface area contributed by atoms with Crippen molar-refractivity contribution >= 4 is 12.0 Å². The summed E-state index contributed by atoms with van der Waals surface area (Å²) in [6.45, 7) is 4.77. The predicted octanol–water partition coefficient (Wildman–Crippen LogP) is 2.12. The number of hydrogen-bond acceptors (Lipinski definition) is 2. The van der Waals surface area contributed by atoms with E-state index in [1.165, 1.54) is 0 Å². The van der Waals surface area contributed by atoms with Crippen LogP contribution in [0, 0.1) is 5.92 Å². The highest BCUT2D eigenvalue weighted by Crippen LogP contribution is 2.29. The Morgan fingerprint density at radius 2 is 1.94 bits per heavy atom. The number of nitrogens with one attached hydrogen (secondary N) is 2. The maximum Gasteiger partial charge on any atom is 0.329 e. The van der Waals surface area contributed by atoms with Crippen molar-refractivity contribution in [2.24, 2.45) is 5.92 Å². The van der Waals surface area contributed by atoms with Gasteiger partial charge in [-0.15, -0.1) is 0 Å². The first kappa shape index (κ1) is 14.8. The third-order valence-corrected chi connectivity index (χ3v) is 3.61. The highest BCUT2D eigenvalue weighted by atomic mass is 16.4. The molecule has 0 radical (unpaired) electrons. The average Bonchev–Trinajstić information content (AvgIpc) is 2.77. The molecule has 5 heteroatoms. The van der Waals surface area contributed by atoms with Gasteiger partial charge in [0.05, 0.1) is 0 Å². The summed E-state index contributed by atoms with van der Waals surface area (Å²) in [6, 6.07) is -0.359. The van der Waals surface area contributed by atoms with Crippen molar-refractivity contribution in [1.29, 1.82) is 0 Å². The van der Waals surface area contributed by atoms with Crippen LogP contribution in [0.3, 0.4) is 0 Å². The molecule has 2 amide bonds. The molecule has 0 aromatic carbocycles. The van der Waals surface area contributed by atoms with Gasteiger partial charge in [0, 0.05) is 6.54 Å².